The van der Waals surface area contributed by atoms with Crippen LogP contribution in [-0.4, -0.2) is 32.7 Å². The highest BCUT2D eigenvalue weighted by Gasteiger charge is 2.31. The number of thioether (sulfide) groups is 1. The van der Waals surface area contributed by atoms with Gasteiger partial charge in [-0.3, -0.25) is 14.5 Å². The number of carboxylic acid groups (broad SMARTS) is 1. The lowest BCUT2D eigenvalue weighted by atomic mass is 10.1. The summed E-state index contributed by atoms with van der Waals surface area (Å²) in [6, 6.07) is 5.19. The first-order chi connectivity index (χ1) is 13.9. The lowest BCUT2D eigenvalue weighted by Gasteiger charge is -2.14. The van der Waals surface area contributed by atoms with Crippen LogP contribution in [0.25, 0.3) is 6.08 Å². The quantitative estimate of drug-likeness (QED) is 0.205. The predicted molar refractivity (Wildman–Crippen MR) is 126 cm³/mol. The van der Waals surface area contributed by atoms with Crippen LogP contribution in [0.1, 0.15) is 63.4 Å². The van der Waals surface area contributed by atoms with E-state index < -0.39 is 5.97 Å². The largest absolute Gasteiger partial charge is 0.481 e. The summed E-state index contributed by atoms with van der Waals surface area (Å²) < 4.78 is 0.588. The highest BCUT2D eigenvalue weighted by atomic mass is 35.5. The summed E-state index contributed by atoms with van der Waals surface area (Å²) >= 11 is 18.8. The summed E-state index contributed by atoms with van der Waals surface area (Å²) in [7, 11) is 0. The molecule has 0 atom stereocenters. The second kappa shape index (κ2) is 12.6. The first kappa shape index (κ1) is 24.2. The van der Waals surface area contributed by atoms with Gasteiger partial charge in [0.1, 0.15) is 4.32 Å². The Morgan fingerprint density at radius 2 is 1.69 bits per heavy atom. The molecule has 1 saturated heterocycles. The van der Waals surface area contributed by atoms with Crippen LogP contribution in [0, 0.1) is 0 Å². The van der Waals surface area contributed by atoms with Crippen LogP contribution in [0.2, 0.25) is 10.0 Å². The third-order valence-corrected chi connectivity index (χ3v) is 6.59. The summed E-state index contributed by atoms with van der Waals surface area (Å²) in [5, 5.41) is 9.66. The lowest BCUT2D eigenvalue weighted by Crippen LogP contribution is -2.29. The Kier molecular flexibility index (Phi) is 10.5. The van der Waals surface area contributed by atoms with E-state index in [2.05, 4.69) is 0 Å². The molecule has 1 aromatic carbocycles. The molecule has 1 N–H and O–H groups in total. The number of nitrogens with zero attached hydrogens (tertiary/aromatic N) is 1. The summed E-state index contributed by atoms with van der Waals surface area (Å²) in [5.74, 6) is -0.781. The zero-order chi connectivity index (χ0) is 21.2. The van der Waals surface area contributed by atoms with Crippen LogP contribution in [0.5, 0.6) is 0 Å². The van der Waals surface area contributed by atoms with E-state index in [0.29, 0.717) is 25.8 Å². The molecule has 1 heterocycles. The topological polar surface area (TPSA) is 57.6 Å². The second-order valence-corrected chi connectivity index (χ2v) is 9.49. The number of unbranched alkanes of at least 4 members (excludes halogenated alkanes) is 7. The second-order valence-electron chi connectivity index (χ2n) is 6.97. The Morgan fingerprint density at radius 3 is 2.31 bits per heavy atom. The van der Waals surface area contributed by atoms with Gasteiger partial charge in [0.25, 0.3) is 5.91 Å². The van der Waals surface area contributed by atoms with Crippen LogP contribution in [0.4, 0.5) is 0 Å². The highest BCUT2D eigenvalue weighted by molar-refractivity contribution is 8.26. The monoisotopic (exact) mass is 473 g/mol. The number of carbonyl (C=O) groups excluding carboxylic acids is 1. The van der Waals surface area contributed by atoms with Crippen molar-refractivity contribution in [2.24, 2.45) is 0 Å². The summed E-state index contributed by atoms with van der Waals surface area (Å²) in [6.07, 6.45) is 10.2. The van der Waals surface area contributed by atoms with E-state index >= 15 is 0 Å². The van der Waals surface area contributed by atoms with Crippen molar-refractivity contribution in [3.63, 3.8) is 0 Å². The molecule has 2 rings (SSSR count). The minimum Gasteiger partial charge on any atom is -0.481 e. The molecule has 0 saturated carbocycles. The average molecular weight is 474 g/mol. The van der Waals surface area contributed by atoms with Crippen LogP contribution in [0.3, 0.4) is 0 Å². The number of thiocarbonyl (C=S) groups is 1. The van der Waals surface area contributed by atoms with E-state index in [4.69, 9.17) is 40.5 Å². The minimum absolute atomic E-state index is 0.0653. The van der Waals surface area contributed by atoms with Gasteiger partial charge in [-0.25, -0.2) is 0 Å². The van der Waals surface area contributed by atoms with Crippen molar-refractivity contribution in [2.45, 2.75) is 57.8 Å². The fourth-order valence-electron chi connectivity index (χ4n) is 3.06. The number of rotatable bonds is 12. The van der Waals surface area contributed by atoms with Gasteiger partial charge in [0, 0.05) is 23.0 Å². The zero-order valence-corrected chi connectivity index (χ0v) is 19.3. The van der Waals surface area contributed by atoms with Crippen LogP contribution < -0.4 is 0 Å². The SMILES string of the molecule is O=C(O)CCCCCCCCCCN1C(=O)/C(=C/c2ccc(Cl)cc2Cl)SC1=S. The van der Waals surface area contributed by atoms with E-state index in [1.54, 1.807) is 29.2 Å². The number of halogens is 2. The summed E-state index contributed by atoms with van der Waals surface area (Å²) in [6.45, 7) is 0.634. The molecule has 1 aromatic rings. The van der Waals surface area contributed by atoms with Gasteiger partial charge in [-0.1, -0.05) is 91.8 Å². The number of amides is 1. The molecule has 0 radical (unpaired) electrons. The maximum atomic E-state index is 12.7. The maximum absolute atomic E-state index is 12.7. The molecule has 1 aliphatic rings. The molecule has 0 aliphatic carbocycles. The molecule has 29 heavy (non-hydrogen) atoms. The Labute approximate surface area is 191 Å². The molecule has 1 fully saturated rings. The maximum Gasteiger partial charge on any atom is 0.303 e. The molecule has 8 heteroatoms. The molecule has 1 amide bonds. The van der Waals surface area contributed by atoms with Gasteiger partial charge in [0.2, 0.25) is 0 Å². The summed E-state index contributed by atoms with van der Waals surface area (Å²) in [5.41, 5.74) is 0.750. The molecule has 0 aromatic heterocycles. The third kappa shape index (κ3) is 8.28. The van der Waals surface area contributed by atoms with Crippen molar-refractivity contribution in [2.75, 3.05) is 6.54 Å². The van der Waals surface area contributed by atoms with Gasteiger partial charge >= 0.3 is 5.97 Å². The minimum atomic E-state index is -0.716. The van der Waals surface area contributed by atoms with E-state index in [9.17, 15) is 9.59 Å². The molecule has 158 valence electrons. The number of carbonyl (C=O) groups is 2. The van der Waals surface area contributed by atoms with Gasteiger partial charge < -0.3 is 5.11 Å². The van der Waals surface area contributed by atoms with E-state index in [1.807, 2.05) is 0 Å². The van der Waals surface area contributed by atoms with Crippen molar-refractivity contribution in [1.82, 2.24) is 4.90 Å². The third-order valence-electron chi connectivity index (χ3n) is 4.65. The molecule has 0 unspecified atom stereocenters. The number of benzene rings is 1. The lowest BCUT2D eigenvalue weighted by molar-refractivity contribution is -0.137. The fraction of sp³-hybridized carbons (Fsp3) is 0.476. The van der Waals surface area contributed by atoms with Gasteiger partial charge in [0.15, 0.2) is 0 Å². The normalized spacial score (nSPS) is 15.5. The van der Waals surface area contributed by atoms with E-state index in [0.717, 1.165) is 56.9 Å². The molecule has 1 aliphatic heterocycles. The highest BCUT2D eigenvalue weighted by Crippen LogP contribution is 2.34. The number of carboxylic acids is 1. The summed E-state index contributed by atoms with van der Waals surface area (Å²) in [4.78, 5) is 25.4. The smallest absolute Gasteiger partial charge is 0.303 e. The molecule has 0 bridgehead atoms. The van der Waals surface area contributed by atoms with E-state index in [1.165, 1.54) is 11.8 Å². The van der Waals surface area contributed by atoms with Crippen molar-refractivity contribution in [1.29, 1.82) is 0 Å². The van der Waals surface area contributed by atoms with Crippen LogP contribution >= 0.6 is 47.2 Å². The first-order valence-corrected chi connectivity index (χ1v) is 11.8. The average Bonchev–Trinajstić information content (AvgIpc) is 2.92. The van der Waals surface area contributed by atoms with E-state index in [-0.39, 0.29) is 12.3 Å². The molecule has 0 spiro atoms. The fourth-order valence-corrected chi connectivity index (χ4v) is 4.82. The number of aliphatic carboxylic acids is 1. The number of hydrogen-bond acceptors (Lipinski definition) is 4. The molecule has 4 nitrogen and oxygen atoms in total. The zero-order valence-electron chi connectivity index (χ0n) is 16.2. The van der Waals surface area contributed by atoms with Crippen molar-refractivity contribution in [3.8, 4) is 0 Å². The predicted octanol–water partition coefficient (Wildman–Crippen LogP) is 6.79. The van der Waals surface area contributed by atoms with Gasteiger partial charge in [-0.15, -0.1) is 0 Å². The van der Waals surface area contributed by atoms with Crippen molar-refractivity contribution in [3.05, 3.63) is 38.7 Å². The first-order valence-electron chi connectivity index (χ1n) is 9.80. The number of hydrogen-bond donors (Lipinski definition) is 1. The Hall–Kier alpha value is -1.08. The van der Waals surface area contributed by atoms with Crippen molar-refractivity contribution >= 4 is 69.5 Å². The molecular formula is C21H25Cl2NO3S2. The standard InChI is InChI=1S/C21H25Cl2NO3S2/c22-16-11-10-15(17(23)14-16)13-18-20(27)24(21(28)29-18)12-8-6-4-2-1-3-5-7-9-19(25)26/h10-11,13-14H,1-9,12H2,(H,25,26)/b18-13-. The molecular weight excluding hydrogens is 449 g/mol. The Bertz CT molecular complexity index is 783. The van der Waals surface area contributed by atoms with Gasteiger partial charge in [-0.2, -0.15) is 0 Å². The van der Waals surface area contributed by atoms with Gasteiger partial charge in [0.05, 0.1) is 4.91 Å². The van der Waals surface area contributed by atoms with Crippen LogP contribution in [-0.2, 0) is 9.59 Å². The van der Waals surface area contributed by atoms with Crippen molar-refractivity contribution < 1.29 is 14.7 Å². The van der Waals surface area contributed by atoms with Gasteiger partial charge in [-0.05, 0) is 36.6 Å². The Balaban J connectivity index is 1.68. The Morgan fingerprint density at radius 1 is 1.07 bits per heavy atom. The van der Waals surface area contributed by atoms with Crippen LogP contribution in [0.15, 0.2) is 23.1 Å².